The smallest absolute Gasteiger partial charge is 0.319 e. The molecule has 1 heterocycles. The minimum atomic E-state index is -1.17. The van der Waals surface area contributed by atoms with Crippen molar-refractivity contribution in [3.8, 4) is 11.9 Å². The van der Waals surface area contributed by atoms with Crippen LogP contribution in [0.5, 0.6) is 11.9 Å². The molecule has 0 radical (unpaired) electrons. The standard InChI is InChI=1S/C10H18N2O2Si/c1-13-9-6-8(7-15(3,4)5)11-10(12-9)14-2/h6H,7H2,1-5H3. The van der Waals surface area contributed by atoms with Gasteiger partial charge in [-0.1, -0.05) is 19.6 Å². The fourth-order valence-corrected chi connectivity index (χ4v) is 2.55. The molecule has 0 atom stereocenters. The molecular formula is C10H18N2O2Si. The van der Waals surface area contributed by atoms with Gasteiger partial charge in [0.2, 0.25) is 5.88 Å². The molecule has 0 saturated heterocycles. The van der Waals surface area contributed by atoms with Crippen LogP contribution in [0.3, 0.4) is 0 Å². The Balaban J connectivity index is 2.97. The Hall–Kier alpha value is -1.10. The first-order chi connectivity index (χ1) is 6.94. The van der Waals surface area contributed by atoms with E-state index in [9.17, 15) is 0 Å². The van der Waals surface area contributed by atoms with Crippen molar-refractivity contribution >= 4 is 8.07 Å². The molecule has 0 aliphatic rings. The Labute approximate surface area is 91.7 Å². The van der Waals surface area contributed by atoms with Gasteiger partial charge in [-0.05, 0) is 6.04 Å². The van der Waals surface area contributed by atoms with Gasteiger partial charge in [0.15, 0.2) is 0 Å². The van der Waals surface area contributed by atoms with Crippen molar-refractivity contribution in [2.24, 2.45) is 0 Å². The van der Waals surface area contributed by atoms with Crippen LogP contribution in [-0.4, -0.2) is 32.3 Å². The van der Waals surface area contributed by atoms with Crippen LogP contribution in [-0.2, 0) is 6.04 Å². The lowest BCUT2D eigenvalue weighted by atomic mass is 10.4. The molecule has 0 fully saturated rings. The van der Waals surface area contributed by atoms with Gasteiger partial charge in [0.25, 0.3) is 0 Å². The van der Waals surface area contributed by atoms with E-state index < -0.39 is 8.07 Å². The van der Waals surface area contributed by atoms with E-state index in [0.717, 1.165) is 11.7 Å². The van der Waals surface area contributed by atoms with Crippen LogP contribution < -0.4 is 9.47 Å². The summed E-state index contributed by atoms with van der Waals surface area (Å²) in [5.41, 5.74) is 0.998. The number of aromatic nitrogens is 2. The van der Waals surface area contributed by atoms with Crippen LogP contribution in [0.1, 0.15) is 5.69 Å². The summed E-state index contributed by atoms with van der Waals surface area (Å²) in [7, 11) is 1.99. The molecule has 4 nitrogen and oxygen atoms in total. The molecule has 1 aromatic rings. The third kappa shape index (κ3) is 3.87. The van der Waals surface area contributed by atoms with Gasteiger partial charge in [0.05, 0.1) is 22.3 Å². The van der Waals surface area contributed by atoms with Crippen molar-refractivity contribution in [3.05, 3.63) is 11.8 Å². The summed E-state index contributed by atoms with van der Waals surface area (Å²) in [5, 5.41) is 0. The SMILES string of the molecule is COc1cc(C[Si](C)(C)C)nc(OC)n1. The molecule has 1 rings (SSSR count). The first-order valence-electron chi connectivity index (χ1n) is 4.90. The summed E-state index contributed by atoms with van der Waals surface area (Å²) >= 11 is 0. The number of methoxy groups -OCH3 is 2. The predicted octanol–water partition coefficient (Wildman–Crippen LogP) is 1.91. The van der Waals surface area contributed by atoms with Gasteiger partial charge in [-0.25, -0.2) is 4.98 Å². The second kappa shape index (κ2) is 4.61. The van der Waals surface area contributed by atoms with Gasteiger partial charge in [-0.3, -0.25) is 0 Å². The van der Waals surface area contributed by atoms with Crippen LogP contribution in [0, 0.1) is 0 Å². The zero-order valence-corrected chi connectivity index (χ0v) is 11.0. The van der Waals surface area contributed by atoms with E-state index in [4.69, 9.17) is 9.47 Å². The van der Waals surface area contributed by atoms with Crippen molar-refractivity contribution in [1.82, 2.24) is 9.97 Å². The highest BCUT2D eigenvalue weighted by Crippen LogP contribution is 2.17. The lowest BCUT2D eigenvalue weighted by molar-refractivity contribution is 0.350. The van der Waals surface area contributed by atoms with E-state index in [1.165, 1.54) is 0 Å². The minimum Gasteiger partial charge on any atom is -0.481 e. The molecule has 0 bridgehead atoms. The molecule has 0 aliphatic heterocycles. The van der Waals surface area contributed by atoms with Crippen molar-refractivity contribution in [2.45, 2.75) is 25.7 Å². The minimum absolute atomic E-state index is 0.377. The second-order valence-corrected chi connectivity index (χ2v) is 10.1. The summed E-state index contributed by atoms with van der Waals surface area (Å²) in [5.74, 6) is 0.565. The van der Waals surface area contributed by atoms with Crippen LogP contribution in [0.25, 0.3) is 0 Å². The molecule has 0 unspecified atom stereocenters. The normalized spacial score (nSPS) is 11.3. The molecule has 15 heavy (non-hydrogen) atoms. The molecule has 0 spiro atoms. The van der Waals surface area contributed by atoms with E-state index in [-0.39, 0.29) is 0 Å². The Morgan fingerprint density at radius 3 is 2.27 bits per heavy atom. The van der Waals surface area contributed by atoms with Gasteiger partial charge >= 0.3 is 6.01 Å². The maximum absolute atomic E-state index is 5.10. The average molecular weight is 226 g/mol. The fourth-order valence-electron chi connectivity index (χ4n) is 1.28. The Bertz CT molecular complexity index is 314. The molecule has 0 aliphatic carbocycles. The van der Waals surface area contributed by atoms with Crippen LogP contribution in [0.4, 0.5) is 0 Å². The third-order valence-corrected chi connectivity index (χ3v) is 3.26. The van der Waals surface area contributed by atoms with Gasteiger partial charge < -0.3 is 9.47 Å². The summed E-state index contributed by atoms with van der Waals surface area (Å²) in [6.07, 6.45) is 0. The number of hydrogen-bond acceptors (Lipinski definition) is 4. The van der Waals surface area contributed by atoms with E-state index in [1.807, 2.05) is 6.07 Å². The maximum atomic E-state index is 5.10. The molecule has 0 N–H and O–H groups in total. The van der Waals surface area contributed by atoms with Crippen LogP contribution >= 0.6 is 0 Å². The molecule has 5 heteroatoms. The highest BCUT2D eigenvalue weighted by atomic mass is 28.3. The van der Waals surface area contributed by atoms with Gasteiger partial charge in [0, 0.05) is 11.8 Å². The number of rotatable bonds is 4. The van der Waals surface area contributed by atoms with Gasteiger partial charge in [0.1, 0.15) is 0 Å². The molecule has 0 saturated carbocycles. The Kier molecular flexibility index (Phi) is 3.68. The number of nitrogens with zero attached hydrogens (tertiary/aromatic N) is 2. The summed E-state index contributed by atoms with van der Waals surface area (Å²) < 4.78 is 10.1. The number of hydrogen-bond donors (Lipinski definition) is 0. The number of ether oxygens (including phenoxy) is 2. The van der Waals surface area contributed by atoms with Crippen molar-refractivity contribution < 1.29 is 9.47 Å². The summed E-state index contributed by atoms with van der Waals surface area (Å²) in [6.45, 7) is 6.90. The highest BCUT2D eigenvalue weighted by Gasteiger charge is 2.16. The van der Waals surface area contributed by atoms with Crippen molar-refractivity contribution in [2.75, 3.05) is 14.2 Å². The third-order valence-electron chi connectivity index (χ3n) is 1.84. The van der Waals surface area contributed by atoms with Crippen molar-refractivity contribution in [1.29, 1.82) is 0 Å². The lowest BCUT2D eigenvalue weighted by Crippen LogP contribution is -2.24. The van der Waals surface area contributed by atoms with Crippen molar-refractivity contribution in [3.63, 3.8) is 0 Å². The first kappa shape index (κ1) is 12.0. The highest BCUT2D eigenvalue weighted by molar-refractivity contribution is 6.75. The van der Waals surface area contributed by atoms with E-state index >= 15 is 0 Å². The molecule has 0 aromatic carbocycles. The summed E-state index contributed by atoms with van der Waals surface area (Å²) in [6, 6.07) is 3.26. The quantitative estimate of drug-likeness (QED) is 0.736. The monoisotopic (exact) mass is 226 g/mol. The largest absolute Gasteiger partial charge is 0.481 e. The Morgan fingerprint density at radius 1 is 1.13 bits per heavy atom. The first-order valence-corrected chi connectivity index (χ1v) is 8.61. The van der Waals surface area contributed by atoms with Crippen LogP contribution in [0.2, 0.25) is 19.6 Å². The van der Waals surface area contributed by atoms with E-state index in [1.54, 1.807) is 14.2 Å². The van der Waals surface area contributed by atoms with Crippen LogP contribution in [0.15, 0.2) is 6.07 Å². The zero-order valence-electron chi connectivity index (χ0n) is 10.00. The topological polar surface area (TPSA) is 44.2 Å². The van der Waals surface area contributed by atoms with Gasteiger partial charge in [-0.15, -0.1) is 0 Å². The molecule has 84 valence electrons. The zero-order chi connectivity index (χ0) is 11.5. The average Bonchev–Trinajstić information content (AvgIpc) is 2.14. The second-order valence-electron chi connectivity index (χ2n) is 4.63. The van der Waals surface area contributed by atoms with E-state index in [2.05, 4.69) is 29.6 Å². The molecular weight excluding hydrogens is 208 g/mol. The van der Waals surface area contributed by atoms with Gasteiger partial charge in [-0.2, -0.15) is 4.98 Å². The molecule has 1 aromatic heterocycles. The summed E-state index contributed by atoms with van der Waals surface area (Å²) in [4.78, 5) is 8.37. The Morgan fingerprint density at radius 2 is 1.80 bits per heavy atom. The lowest BCUT2D eigenvalue weighted by Gasteiger charge is -2.15. The predicted molar refractivity (Wildman–Crippen MR) is 62.2 cm³/mol. The fraction of sp³-hybridized carbons (Fsp3) is 0.600. The van der Waals surface area contributed by atoms with E-state index in [0.29, 0.717) is 11.9 Å². The molecule has 0 amide bonds. The maximum Gasteiger partial charge on any atom is 0.319 e.